The number of nitro benzene ring substituents is 1. The normalized spacial score (nSPS) is 12.9. The number of hydrogen-bond acceptors (Lipinski definition) is 6. The second-order valence-electron chi connectivity index (χ2n) is 4.64. The second-order valence-corrected chi connectivity index (χ2v) is 4.64. The summed E-state index contributed by atoms with van der Waals surface area (Å²) in [6.45, 7) is 2.45. The zero-order valence-electron chi connectivity index (χ0n) is 12.4. The maximum Gasteiger partial charge on any atom is 0.318 e. The van der Waals surface area contributed by atoms with Crippen LogP contribution in [-0.4, -0.2) is 29.7 Å². The molecule has 0 saturated carbocycles. The maximum atomic E-state index is 11.8. The first-order valence-corrected chi connectivity index (χ1v) is 6.37. The van der Waals surface area contributed by atoms with E-state index in [-0.39, 0.29) is 5.69 Å². The van der Waals surface area contributed by atoms with Crippen molar-refractivity contribution < 1.29 is 24.0 Å². The van der Waals surface area contributed by atoms with Crippen LogP contribution < -0.4 is 5.32 Å². The molecule has 0 heterocycles. The quantitative estimate of drug-likeness (QED) is 0.365. The first kappa shape index (κ1) is 17.3. The van der Waals surface area contributed by atoms with E-state index >= 15 is 0 Å². The number of non-ortho nitro benzene ring substituents is 1. The lowest BCUT2D eigenvalue weighted by Gasteiger charge is -2.24. The molecule has 0 fully saturated rings. The number of carbonyl (C=O) groups excluding carboxylic acids is 3. The van der Waals surface area contributed by atoms with Crippen molar-refractivity contribution in [3.63, 3.8) is 0 Å². The highest BCUT2D eigenvalue weighted by molar-refractivity contribution is 5.99. The Balaban J connectivity index is 3.26. The number of ketones is 1. The minimum Gasteiger partial charge on any atom is -0.468 e. The van der Waals surface area contributed by atoms with Crippen molar-refractivity contribution in [3.05, 3.63) is 39.9 Å². The highest BCUT2D eigenvalue weighted by atomic mass is 16.6. The average Bonchev–Trinajstić information content (AvgIpc) is 2.45. The van der Waals surface area contributed by atoms with Gasteiger partial charge in [0.1, 0.15) is 11.7 Å². The first-order chi connectivity index (χ1) is 10.3. The largest absolute Gasteiger partial charge is 0.468 e. The van der Waals surface area contributed by atoms with Crippen LogP contribution in [0.1, 0.15) is 25.5 Å². The van der Waals surface area contributed by atoms with Crippen LogP contribution in [0.5, 0.6) is 0 Å². The molecule has 1 rings (SSSR count). The molecule has 1 N–H and O–H groups in total. The Kier molecular flexibility index (Phi) is 5.73. The van der Waals surface area contributed by atoms with Crippen LogP contribution in [0.4, 0.5) is 5.69 Å². The van der Waals surface area contributed by atoms with Crippen molar-refractivity contribution in [2.75, 3.05) is 7.11 Å². The molecular formula is C14H16N2O6. The fourth-order valence-electron chi connectivity index (χ4n) is 2.05. The molecule has 0 spiro atoms. The van der Waals surface area contributed by atoms with E-state index in [1.54, 1.807) is 0 Å². The minimum atomic E-state index is -1.23. The topological polar surface area (TPSA) is 116 Å². The van der Waals surface area contributed by atoms with E-state index < -0.39 is 34.5 Å². The van der Waals surface area contributed by atoms with Crippen molar-refractivity contribution >= 4 is 23.3 Å². The van der Waals surface area contributed by atoms with Crippen LogP contribution in [-0.2, 0) is 19.1 Å². The average molecular weight is 308 g/mol. The van der Waals surface area contributed by atoms with Gasteiger partial charge in [0, 0.05) is 19.1 Å². The molecule has 8 heteroatoms. The van der Waals surface area contributed by atoms with Gasteiger partial charge in [-0.2, -0.15) is 0 Å². The second kappa shape index (κ2) is 7.30. The van der Waals surface area contributed by atoms with Crippen molar-refractivity contribution in [2.45, 2.75) is 19.9 Å². The first-order valence-electron chi connectivity index (χ1n) is 6.37. The summed E-state index contributed by atoms with van der Waals surface area (Å²) in [7, 11) is 1.14. The predicted octanol–water partition coefficient (Wildman–Crippen LogP) is 1.15. The number of ether oxygens (including phenoxy) is 1. The van der Waals surface area contributed by atoms with Crippen LogP contribution in [0.2, 0.25) is 0 Å². The van der Waals surface area contributed by atoms with E-state index in [0.29, 0.717) is 5.56 Å². The number of benzene rings is 1. The summed E-state index contributed by atoms with van der Waals surface area (Å²) in [5, 5.41) is 13.2. The molecule has 0 aliphatic rings. The molecule has 0 aliphatic heterocycles. The van der Waals surface area contributed by atoms with Crippen LogP contribution >= 0.6 is 0 Å². The molecule has 1 aromatic rings. The van der Waals surface area contributed by atoms with Crippen molar-refractivity contribution in [3.8, 4) is 0 Å². The summed E-state index contributed by atoms with van der Waals surface area (Å²) in [4.78, 5) is 45.0. The van der Waals surface area contributed by atoms with E-state index in [0.717, 1.165) is 7.11 Å². The van der Waals surface area contributed by atoms with Crippen molar-refractivity contribution in [1.29, 1.82) is 0 Å². The number of esters is 1. The highest BCUT2D eigenvalue weighted by Crippen LogP contribution is 2.26. The van der Waals surface area contributed by atoms with Gasteiger partial charge in [-0.25, -0.2) is 0 Å². The lowest BCUT2D eigenvalue weighted by molar-refractivity contribution is -0.384. The molecule has 0 aromatic heterocycles. The molecule has 0 bridgehead atoms. The number of methoxy groups -OCH3 is 1. The van der Waals surface area contributed by atoms with Crippen molar-refractivity contribution in [1.82, 2.24) is 5.32 Å². The molecule has 1 amide bonds. The van der Waals surface area contributed by atoms with Crippen molar-refractivity contribution in [2.24, 2.45) is 5.92 Å². The minimum absolute atomic E-state index is 0.136. The number of amides is 1. The van der Waals surface area contributed by atoms with Gasteiger partial charge < -0.3 is 10.1 Å². The van der Waals surface area contributed by atoms with Crippen LogP contribution in [0, 0.1) is 16.0 Å². The van der Waals surface area contributed by atoms with Crippen LogP contribution in [0.25, 0.3) is 0 Å². The van der Waals surface area contributed by atoms with Gasteiger partial charge in [0.05, 0.1) is 18.1 Å². The lowest BCUT2D eigenvalue weighted by Crippen LogP contribution is -2.39. The van der Waals surface area contributed by atoms with Gasteiger partial charge in [0.15, 0.2) is 0 Å². The monoisotopic (exact) mass is 308 g/mol. The Hall–Kier alpha value is -2.77. The van der Waals surface area contributed by atoms with E-state index in [9.17, 15) is 24.5 Å². The summed E-state index contributed by atoms with van der Waals surface area (Å²) < 4.78 is 4.60. The third-order valence-electron chi connectivity index (χ3n) is 3.05. The number of rotatable bonds is 6. The van der Waals surface area contributed by atoms with Crippen LogP contribution in [0.15, 0.2) is 24.3 Å². The Morgan fingerprint density at radius 3 is 2.09 bits per heavy atom. The summed E-state index contributed by atoms with van der Waals surface area (Å²) in [5.41, 5.74) is 0.258. The molecule has 0 aliphatic carbocycles. The highest BCUT2D eigenvalue weighted by Gasteiger charge is 2.35. The molecule has 1 aromatic carbocycles. The van der Waals surface area contributed by atoms with Gasteiger partial charge in [-0.05, 0) is 12.5 Å². The molecule has 2 atom stereocenters. The summed E-state index contributed by atoms with van der Waals surface area (Å²) in [6, 6.07) is 4.29. The number of Topliss-reactive ketones (excluding diaryl/α,β-unsaturated/α-hetero) is 1. The van der Waals surface area contributed by atoms with Gasteiger partial charge in [0.2, 0.25) is 5.91 Å². The Bertz CT molecular complexity index is 596. The fraction of sp³-hybridized carbons (Fsp3) is 0.357. The maximum absolute atomic E-state index is 11.8. The Morgan fingerprint density at radius 2 is 1.73 bits per heavy atom. The molecule has 0 unspecified atom stereocenters. The van der Waals surface area contributed by atoms with E-state index in [1.165, 1.54) is 38.1 Å². The van der Waals surface area contributed by atoms with E-state index in [2.05, 4.69) is 10.1 Å². The van der Waals surface area contributed by atoms with E-state index in [1.807, 2.05) is 0 Å². The Morgan fingerprint density at radius 1 is 1.18 bits per heavy atom. The number of nitrogens with zero attached hydrogens (tertiary/aromatic N) is 1. The number of hydrogen-bond donors (Lipinski definition) is 1. The van der Waals surface area contributed by atoms with Gasteiger partial charge in [-0.1, -0.05) is 12.1 Å². The molecular weight excluding hydrogens is 292 g/mol. The predicted molar refractivity (Wildman–Crippen MR) is 75.8 cm³/mol. The summed E-state index contributed by atoms with van der Waals surface area (Å²) >= 11 is 0. The smallest absolute Gasteiger partial charge is 0.318 e. The number of nitro groups is 1. The zero-order valence-corrected chi connectivity index (χ0v) is 12.4. The van der Waals surface area contributed by atoms with Gasteiger partial charge in [-0.3, -0.25) is 24.5 Å². The lowest BCUT2D eigenvalue weighted by atomic mass is 9.89. The standard InChI is InChI=1S/C14H16N2O6/c1-8(17)12(14(19)22-3)13(15-9(2)18)10-4-6-11(7-5-10)16(20)21/h4-7,12-13H,1-3H3,(H,15,18)/t12-,13-/m0/s1. The molecule has 0 saturated heterocycles. The van der Waals surface area contributed by atoms with Crippen LogP contribution in [0.3, 0.4) is 0 Å². The van der Waals surface area contributed by atoms with Gasteiger partial charge in [0.25, 0.3) is 5.69 Å². The Labute approximate surface area is 126 Å². The third-order valence-corrected chi connectivity index (χ3v) is 3.05. The summed E-state index contributed by atoms with van der Waals surface area (Å²) in [5.74, 6) is -2.94. The molecule has 0 radical (unpaired) electrons. The molecule has 22 heavy (non-hydrogen) atoms. The molecule has 118 valence electrons. The summed E-state index contributed by atoms with van der Waals surface area (Å²) in [6.07, 6.45) is 0. The fourth-order valence-corrected chi connectivity index (χ4v) is 2.05. The SMILES string of the molecule is COC(=O)[C@@H](C(C)=O)[C@@H](NC(C)=O)c1ccc([N+](=O)[O-])cc1. The molecule has 8 nitrogen and oxygen atoms in total. The van der Waals surface area contributed by atoms with Gasteiger partial charge >= 0.3 is 5.97 Å². The van der Waals surface area contributed by atoms with E-state index in [4.69, 9.17) is 0 Å². The number of carbonyl (C=O) groups is 3. The number of nitrogens with one attached hydrogen (secondary N) is 1. The zero-order chi connectivity index (χ0) is 16.9. The van der Waals surface area contributed by atoms with Gasteiger partial charge in [-0.15, -0.1) is 0 Å². The third kappa shape index (κ3) is 4.11.